The lowest BCUT2D eigenvalue weighted by atomic mass is 9.95. The van der Waals surface area contributed by atoms with E-state index in [-0.39, 0.29) is 76.5 Å². The van der Waals surface area contributed by atoms with Crippen LogP contribution in [0.15, 0.2) is 18.2 Å². The number of benzene rings is 1. The lowest BCUT2D eigenvalue weighted by molar-refractivity contribution is -0.961. The van der Waals surface area contributed by atoms with E-state index < -0.39 is 23.9 Å². The Morgan fingerprint density at radius 3 is 2.03 bits per heavy atom. The van der Waals surface area contributed by atoms with E-state index in [2.05, 4.69) is 7.05 Å². The number of hydrogen-bond donors (Lipinski definition) is 0. The van der Waals surface area contributed by atoms with Crippen LogP contribution in [0.1, 0.15) is 57.9 Å². The third kappa shape index (κ3) is 7.51. The van der Waals surface area contributed by atoms with Crippen molar-refractivity contribution in [1.29, 1.82) is 0 Å². The van der Waals surface area contributed by atoms with E-state index in [4.69, 9.17) is 14.2 Å². The number of aliphatic carboxylic acids is 1. The molecule has 0 N–H and O–H groups in total. The fraction of sp³-hybridized carbons (Fsp3) is 0.565. The highest BCUT2D eigenvalue weighted by atomic mass is 79.9. The van der Waals surface area contributed by atoms with E-state index in [0.29, 0.717) is 19.4 Å². The SMILES string of the molecule is CC(=O)Oc1ccc(C[N+]2(C)[C@@H]3CC[C@H]2CC(OC(=O)CCC(=O)[O-])C3)cc1OC(C)=O.[Br-].[Br-]. The summed E-state index contributed by atoms with van der Waals surface area (Å²) in [6.07, 6.45) is 2.73. The molecule has 4 atom stereocenters. The molecule has 1 aromatic rings. The summed E-state index contributed by atoms with van der Waals surface area (Å²) in [6, 6.07) is 5.81. The quantitative estimate of drug-likeness (QED) is 0.164. The van der Waals surface area contributed by atoms with Gasteiger partial charge >= 0.3 is 17.9 Å². The van der Waals surface area contributed by atoms with Crippen LogP contribution in [0.25, 0.3) is 0 Å². The van der Waals surface area contributed by atoms with Gasteiger partial charge in [-0.15, -0.1) is 0 Å². The number of halogens is 2. The number of piperidine rings is 1. The summed E-state index contributed by atoms with van der Waals surface area (Å²) in [5.74, 6) is -2.36. The Hall–Kier alpha value is -1.98. The molecule has 34 heavy (non-hydrogen) atoms. The van der Waals surface area contributed by atoms with Gasteiger partial charge in [-0.3, -0.25) is 14.4 Å². The topological polar surface area (TPSA) is 119 Å². The highest BCUT2D eigenvalue weighted by molar-refractivity contribution is 5.75. The minimum Gasteiger partial charge on any atom is -1.00 e. The number of carbonyl (C=O) groups excluding carboxylic acids is 4. The van der Waals surface area contributed by atoms with Crippen LogP contribution in [0.5, 0.6) is 11.5 Å². The molecule has 3 rings (SSSR count). The third-order valence-corrected chi connectivity index (χ3v) is 6.44. The van der Waals surface area contributed by atoms with Crippen molar-refractivity contribution in [2.75, 3.05) is 7.05 Å². The van der Waals surface area contributed by atoms with E-state index in [1.165, 1.54) is 13.8 Å². The van der Waals surface area contributed by atoms with Gasteiger partial charge in [-0.25, -0.2) is 0 Å². The number of quaternary nitrogens is 1. The average Bonchev–Trinajstić information content (AvgIpc) is 2.85. The Labute approximate surface area is 219 Å². The van der Waals surface area contributed by atoms with Crippen molar-refractivity contribution in [1.82, 2.24) is 0 Å². The molecule has 2 aliphatic heterocycles. The van der Waals surface area contributed by atoms with Crippen LogP contribution in [0.4, 0.5) is 0 Å². The smallest absolute Gasteiger partial charge is 0.308 e. The second kappa shape index (κ2) is 12.6. The summed E-state index contributed by atoms with van der Waals surface area (Å²) in [4.78, 5) is 45.3. The first-order valence-corrected chi connectivity index (χ1v) is 10.8. The molecule has 0 radical (unpaired) electrons. The molecule has 2 saturated heterocycles. The lowest BCUT2D eigenvalue weighted by Gasteiger charge is -2.47. The molecular formula is C23H29Br2NO8-2. The summed E-state index contributed by atoms with van der Waals surface area (Å²) in [7, 11) is 2.18. The predicted octanol–water partition coefficient (Wildman–Crippen LogP) is -4.74. The molecule has 11 heteroatoms. The molecule has 0 aliphatic carbocycles. The molecule has 2 bridgehead atoms. The maximum absolute atomic E-state index is 11.9. The van der Waals surface area contributed by atoms with Gasteiger partial charge in [0.1, 0.15) is 12.6 Å². The van der Waals surface area contributed by atoms with Crippen LogP contribution in [0, 0.1) is 0 Å². The number of hydrogen-bond acceptors (Lipinski definition) is 8. The molecule has 190 valence electrons. The largest absolute Gasteiger partial charge is 1.00 e. The molecule has 2 unspecified atom stereocenters. The number of carbonyl (C=O) groups is 4. The molecular weight excluding hydrogens is 578 g/mol. The second-order valence-corrected chi connectivity index (χ2v) is 8.81. The van der Waals surface area contributed by atoms with Gasteiger partial charge in [0.2, 0.25) is 0 Å². The Bertz CT molecular complexity index is 908. The Morgan fingerprint density at radius 1 is 0.941 bits per heavy atom. The van der Waals surface area contributed by atoms with Gasteiger partial charge < -0.3 is 62.6 Å². The van der Waals surface area contributed by atoms with Crippen LogP contribution >= 0.6 is 0 Å². The van der Waals surface area contributed by atoms with Gasteiger partial charge in [0.15, 0.2) is 11.5 Å². The van der Waals surface area contributed by atoms with Crippen LogP contribution in [-0.4, -0.2) is 53.6 Å². The number of carboxylic acids is 1. The molecule has 9 nitrogen and oxygen atoms in total. The summed E-state index contributed by atoms with van der Waals surface area (Å²) >= 11 is 0. The van der Waals surface area contributed by atoms with Crippen molar-refractivity contribution in [2.45, 2.75) is 77.1 Å². The summed E-state index contributed by atoms with van der Waals surface area (Å²) in [5, 5.41) is 10.6. The molecule has 0 saturated carbocycles. The monoisotopic (exact) mass is 605 g/mol. The maximum atomic E-state index is 11.9. The summed E-state index contributed by atoms with van der Waals surface area (Å²) < 4.78 is 16.7. The first kappa shape index (κ1) is 30.1. The molecule has 2 fully saturated rings. The average molecular weight is 607 g/mol. The standard InChI is InChI=1S/C23H29NO8.2BrH/c1-14(25)30-20-7-4-16(10-21(20)31-15(2)26)13-24(3)17-5-6-18(24)12-19(11-17)32-23(29)9-8-22(27)28;;/h4,7,10,17-19H,5-6,8-9,11-13H2,1-3H3;2*1H/p-2/t17-,18+,19?,24?;;. The van der Waals surface area contributed by atoms with Gasteiger partial charge in [-0.2, -0.15) is 0 Å². The van der Waals surface area contributed by atoms with E-state index >= 15 is 0 Å². The summed E-state index contributed by atoms with van der Waals surface area (Å²) in [6.45, 7) is 3.26. The predicted molar refractivity (Wildman–Crippen MR) is 109 cm³/mol. The van der Waals surface area contributed by atoms with Crippen molar-refractivity contribution in [3.05, 3.63) is 23.8 Å². The molecule has 0 aromatic heterocycles. The Balaban J connectivity index is 0.00000289. The zero-order valence-electron chi connectivity index (χ0n) is 19.4. The zero-order valence-corrected chi connectivity index (χ0v) is 22.6. The first-order valence-electron chi connectivity index (χ1n) is 10.8. The fourth-order valence-corrected chi connectivity index (χ4v) is 5.01. The third-order valence-electron chi connectivity index (χ3n) is 6.44. The zero-order chi connectivity index (χ0) is 23.5. The van der Waals surface area contributed by atoms with Gasteiger partial charge in [-0.05, 0) is 24.6 Å². The minimum absolute atomic E-state index is 0. The molecule has 2 aliphatic rings. The van der Waals surface area contributed by atoms with Crippen LogP contribution in [-0.2, 0) is 30.5 Å². The van der Waals surface area contributed by atoms with Crippen molar-refractivity contribution in [3.63, 3.8) is 0 Å². The Kier molecular flexibility index (Phi) is 11.2. The number of nitrogens with zero attached hydrogens (tertiary/aromatic N) is 1. The van der Waals surface area contributed by atoms with Crippen LogP contribution in [0.3, 0.4) is 0 Å². The molecule has 1 aromatic carbocycles. The van der Waals surface area contributed by atoms with Crippen molar-refractivity contribution >= 4 is 23.9 Å². The van der Waals surface area contributed by atoms with E-state index in [1.54, 1.807) is 12.1 Å². The number of fused-ring (bicyclic) bond motifs is 2. The van der Waals surface area contributed by atoms with Crippen molar-refractivity contribution < 1.29 is 76.9 Å². The normalized spacial score (nSPS) is 24.7. The van der Waals surface area contributed by atoms with Crippen LogP contribution in [0.2, 0.25) is 0 Å². The minimum atomic E-state index is -1.26. The van der Waals surface area contributed by atoms with E-state index in [9.17, 15) is 24.3 Å². The highest BCUT2D eigenvalue weighted by Gasteiger charge is 2.52. The van der Waals surface area contributed by atoms with Gasteiger partial charge in [0.05, 0.1) is 25.6 Å². The number of rotatable bonds is 8. The summed E-state index contributed by atoms with van der Waals surface area (Å²) in [5.41, 5.74) is 0.945. The van der Waals surface area contributed by atoms with E-state index in [0.717, 1.165) is 22.9 Å². The Morgan fingerprint density at radius 2 is 1.50 bits per heavy atom. The van der Waals surface area contributed by atoms with Crippen molar-refractivity contribution in [3.8, 4) is 11.5 Å². The van der Waals surface area contributed by atoms with E-state index in [1.807, 2.05) is 6.07 Å². The maximum Gasteiger partial charge on any atom is 0.308 e. The number of esters is 3. The molecule has 2 heterocycles. The first-order chi connectivity index (χ1) is 15.1. The fourth-order valence-electron chi connectivity index (χ4n) is 5.01. The number of ether oxygens (including phenoxy) is 3. The highest BCUT2D eigenvalue weighted by Crippen LogP contribution is 2.44. The molecule has 0 amide bonds. The van der Waals surface area contributed by atoms with Gasteiger partial charge in [0.25, 0.3) is 0 Å². The van der Waals surface area contributed by atoms with Gasteiger partial charge in [-0.1, -0.05) is 0 Å². The lowest BCUT2D eigenvalue weighted by Crippen LogP contribution is -3.00. The molecule has 0 spiro atoms. The number of carboxylic acid groups (broad SMARTS) is 1. The van der Waals surface area contributed by atoms with Gasteiger partial charge in [0, 0.05) is 51.1 Å². The van der Waals surface area contributed by atoms with Crippen LogP contribution < -0.4 is 48.5 Å². The second-order valence-electron chi connectivity index (χ2n) is 8.81. The van der Waals surface area contributed by atoms with Crippen molar-refractivity contribution in [2.24, 2.45) is 0 Å².